The fourth-order valence-electron chi connectivity index (χ4n) is 5.73. The highest BCUT2D eigenvalue weighted by atomic mass is 32.2. The van der Waals surface area contributed by atoms with Gasteiger partial charge in [0.25, 0.3) is 5.95 Å². The number of ether oxygens (including phenoxy) is 3. The van der Waals surface area contributed by atoms with Gasteiger partial charge in [0.2, 0.25) is 6.29 Å². The first kappa shape index (κ1) is 42.6. The molecule has 2 aromatic heterocycles. The van der Waals surface area contributed by atoms with Crippen LogP contribution in [0.25, 0.3) is 16.8 Å². The molecule has 0 saturated carbocycles. The topological polar surface area (TPSA) is 188 Å². The van der Waals surface area contributed by atoms with E-state index in [0.717, 1.165) is 27.8 Å². The molecule has 14 nitrogen and oxygen atoms in total. The fraction of sp³-hybridized carbons (Fsp3) is 0.366. The summed E-state index contributed by atoms with van der Waals surface area (Å²) >= 11 is 0. The summed E-state index contributed by atoms with van der Waals surface area (Å²) in [6.45, 7) is 10.9. The largest absolute Gasteiger partial charge is 0.495 e. The first-order chi connectivity index (χ1) is 26.7. The van der Waals surface area contributed by atoms with Crippen molar-refractivity contribution in [2.45, 2.75) is 77.3 Å². The van der Waals surface area contributed by atoms with Crippen molar-refractivity contribution in [1.29, 1.82) is 0 Å². The van der Waals surface area contributed by atoms with Crippen LogP contribution < -0.4 is 20.7 Å². The van der Waals surface area contributed by atoms with Crippen LogP contribution in [-0.2, 0) is 24.1 Å². The van der Waals surface area contributed by atoms with E-state index < -0.39 is 45.9 Å². The predicted molar refractivity (Wildman–Crippen MR) is 214 cm³/mol. The van der Waals surface area contributed by atoms with Gasteiger partial charge >= 0.3 is 12.1 Å². The number of benzene rings is 3. The number of sulfone groups is 1. The second-order valence-corrected chi connectivity index (χ2v) is 17.3. The molecule has 0 aliphatic carbocycles. The molecule has 57 heavy (non-hydrogen) atoms. The van der Waals surface area contributed by atoms with Crippen LogP contribution in [0.4, 0.5) is 26.5 Å². The maximum Gasteiger partial charge on any atom is 0.424 e. The Morgan fingerprint density at radius 2 is 1.61 bits per heavy atom. The van der Waals surface area contributed by atoms with Crippen LogP contribution in [0.1, 0.15) is 59.4 Å². The zero-order valence-corrected chi connectivity index (χ0v) is 34.0. The van der Waals surface area contributed by atoms with Gasteiger partial charge in [-0.3, -0.25) is 4.79 Å². The highest BCUT2D eigenvalue weighted by Crippen LogP contribution is 2.36. The van der Waals surface area contributed by atoms with Gasteiger partial charge in [0.05, 0.1) is 17.7 Å². The van der Waals surface area contributed by atoms with Crippen LogP contribution in [0.2, 0.25) is 0 Å². The van der Waals surface area contributed by atoms with Crippen molar-refractivity contribution >= 4 is 44.9 Å². The Kier molecular flexibility index (Phi) is 12.9. The van der Waals surface area contributed by atoms with Gasteiger partial charge in [-0.05, 0) is 71.0 Å². The van der Waals surface area contributed by atoms with E-state index in [0.29, 0.717) is 11.3 Å². The number of carbonyl (C=O) groups is 2. The Balaban J connectivity index is 1.46. The molecule has 16 heteroatoms. The van der Waals surface area contributed by atoms with Crippen molar-refractivity contribution in [1.82, 2.24) is 14.6 Å². The molecule has 0 aliphatic rings. The van der Waals surface area contributed by atoms with Crippen molar-refractivity contribution in [2.75, 3.05) is 23.6 Å². The minimum Gasteiger partial charge on any atom is -0.495 e. The van der Waals surface area contributed by atoms with Crippen LogP contribution in [0.3, 0.4) is 0 Å². The Bertz CT molecular complexity index is 2310. The fourth-order valence-corrected chi connectivity index (χ4v) is 6.36. The van der Waals surface area contributed by atoms with Crippen molar-refractivity contribution in [3.8, 4) is 16.9 Å². The molecule has 4 N–H and O–H groups in total. The summed E-state index contributed by atoms with van der Waals surface area (Å²) in [5, 5.41) is 18.5. The smallest absolute Gasteiger partial charge is 0.424 e. The lowest BCUT2D eigenvalue weighted by atomic mass is 9.87. The van der Waals surface area contributed by atoms with Crippen LogP contribution in [-0.4, -0.2) is 72.1 Å². The van der Waals surface area contributed by atoms with Crippen molar-refractivity contribution in [3.63, 3.8) is 0 Å². The number of hydrogen-bond donors (Lipinski definition) is 3. The number of aromatic nitrogens is 3. The number of aliphatic hydroxyl groups is 1. The average Bonchev–Trinajstić information content (AvgIpc) is 3.56. The normalized spacial score (nSPS) is 14.1. The number of nitrogens with two attached hydrogens (primary N) is 1. The molecule has 0 saturated heterocycles. The zero-order valence-electron chi connectivity index (χ0n) is 33.1. The number of methoxy groups -OCH3 is 1. The number of nitrogens with one attached hydrogen (secondary N) is 1. The van der Waals surface area contributed by atoms with Gasteiger partial charge in [-0.1, -0.05) is 65.8 Å². The number of hydrogen-bond acceptors (Lipinski definition) is 12. The second-order valence-electron chi connectivity index (χ2n) is 15.3. The molecule has 0 fully saturated rings. The number of rotatable bonds is 14. The van der Waals surface area contributed by atoms with Gasteiger partial charge in [-0.2, -0.15) is 4.98 Å². The van der Waals surface area contributed by atoms with Gasteiger partial charge in [-0.15, -0.1) is 5.10 Å². The molecule has 5 aromatic rings. The van der Waals surface area contributed by atoms with Crippen molar-refractivity contribution in [3.05, 3.63) is 96.4 Å². The highest BCUT2D eigenvalue weighted by Gasteiger charge is 2.35. The summed E-state index contributed by atoms with van der Waals surface area (Å²) in [5.41, 5.74) is 8.94. The Labute approximate surface area is 331 Å². The molecule has 0 aliphatic heterocycles. The monoisotopic (exact) mass is 804 g/mol. The third kappa shape index (κ3) is 10.4. The van der Waals surface area contributed by atoms with E-state index in [2.05, 4.69) is 15.4 Å². The molecule has 0 radical (unpaired) electrons. The van der Waals surface area contributed by atoms with E-state index in [1.807, 2.05) is 51.1 Å². The summed E-state index contributed by atoms with van der Waals surface area (Å²) in [4.78, 5) is 32.8. The number of halogens is 1. The van der Waals surface area contributed by atoms with Gasteiger partial charge in [0.15, 0.2) is 15.5 Å². The molecular formula is C41H49FN6O8S. The van der Waals surface area contributed by atoms with Crippen LogP contribution >= 0.6 is 0 Å². The molecule has 3 aromatic carbocycles. The predicted octanol–water partition coefficient (Wildman–Crippen LogP) is 7.05. The number of pyridine rings is 1. The minimum absolute atomic E-state index is 0.00690. The molecule has 0 spiro atoms. The molecule has 2 heterocycles. The third-order valence-electron chi connectivity index (χ3n) is 9.26. The summed E-state index contributed by atoms with van der Waals surface area (Å²) in [7, 11) is -2.33. The maximum atomic E-state index is 14.2. The van der Waals surface area contributed by atoms with Crippen LogP contribution in [0.15, 0.2) is 90.0 Å². The molecular weight excluding hydrogens is 756 g/mol. The van der Waals surface area contributed by atoms with Gasteiger partial charge in [0, 0.05) is 42.1 Å². The maximum absolute atomic E-state index is 14.2. The average molecular weight is 805 g/mol. The Morgan fingerprint density at radius 1 is 0.965 bits per heavy atom. The van der Waals surface area contributed by atoms with E-state index >= 15 is 0 Å². The lowest BCUT2D eigenvalue weighted by Crippen LogP contribution is -2.45. The molecule has 4 atom stereocenters. The first-order valence-corrected chi connectivity index (χ1v) is 20.2. The first-order valence-electron chi connectivity index (χ1n) is 18.3. The summed E-state index contributed by atoms with van der Waals surface area (Å²) in [5.74, 6) is -1.62. The molecule has 304 valence electrons. The van der Waals surface area contributed by atoms with Crippen LogP contribution in [0, 0.1) is 17.2 Å². The molecule has 0 bridgehead atoms. The number of esters is 1. The number of carbonyl (C=O) groups excluding carboxylic acids is 2. The zero-order chi connectivity index (χ0) is 41.8. The lowest BCUT2D eigenvalue weighted by Gasteiger charge is -2.29. The number of anilines is 3. The number of nitrogens with zero attached hydrogens (tertiary/aromatic N) is 4. The minimum atomic E-state index is -3.65. The second kappa shape index (κ2) is 17.3. The van der Waals surface area contributed by atoms with Crippen molar-refractivity contribution in [2.24, 2.45) is 17.1 Å². The lowest BCUT2D eigenvalue weighted by molar-refractivity contribution is -0.173. The number of fused-ring (bicyclic) bond motifs is 1. The van der Waals surface area contributed by atoms with Gasteiger partial charge in [-0.25, -0.2) is 27.0 Å². The Morgan fingerprint density at radius 3 is 2.21 bits per heavy atom. The van der Waals surface area contributed by atoms with Crippen molar-refractivity contribution < 1.29 is 41.7 Å². The van der Waals surface area contributed by atoms with E-state index in [1.54, 1.807) is 45.2 Å². The molecule has 5 rings (SSSR count). The summed E-state index contributed by atoms with van der Waals surface area (Å²) in [6, 6.07) is 19.8. The Hall–Kier alpha value is -5.58. The summed E-state index contributed by atoms with van der Waals surface area (Å²) < 4.78 is 56.7. The van der Waals surface area contributed by atoms with E-state index in [9.17, 15) is 27.5 Å². The van der Waals surface area contributed by atoms with E-state index in [-0.39, 0.29) is 46.4 Å². The highest BCUT2D eigenvalue weighted by molar-refractivity contribution is 7.90. The standard InChI is InChI=1S/C41H49FN6O8S/c1-24(2)21-35(55-38(50)36(43)41(4,5)6)56-40(51)48(32-19-18-31(57(8,52)53)22-33(32)54-7)39-45-34-20-13-28(23-47(34)46-39)27-11-16-30(17-12-27)44-37(49)25(3)26-9-14-29(42)15-10-26/h9-20,22-25,35-37,44,49H,21,43H2,1-8H3/t25-,35?,36-,37?/m1/s1. The van der Waals surface area contributed by atoms with Gasteiger partial charge in [0.1, 0.15) is 23.8 Å². The number of amides is 1. The summed E-state index contributed by atoms with van der Waals surface area (Å²) in [6.07, 6.45) is -0.393. The van der Waals surface area contributed by atoms with E-state index in [4.69, 9.17) is 19.9 Å². The molecule has 1 amide bonds. The third-order valence-corrected chi connectivity index (χ3v) is 10.4. The SMILES string of the molecule is COc1cc(S(C)(=O)=O)ccc1N(C(=O)OC(CC(C)C)OC(=O)[C@@H](N)C(C)(C)C)c1nc2ccc(-c3ccc(NC(O)[C@H](C)c4ccc(F)cc4)cc3)cn2n1. The van der Waals surface area contributed by atoms with E-state index in [1.165, 1.54) is 42.0 Å². The van der Waals surface area contributed by atoms with Gasteiger partial charge < -0.3 is 30.4 Å². The van der Waals surface area contributed by atoms with Crippen LogP contribution in [0.5, 0.6) is 5.75 Å². The molecule has 2 unspecified atom stereocenters. The number of aliphatic hydroxyl groups excluding tert-OH is 1. The quantitative estimate of drug-likeness (QED) is 0.0768.